The van der Waals surface area contributed by atoms with E-state index in [1.807, 2.05) is 42.5 Å². The molecule has 5 heteroatoms. The number of rotatable bonds is 4. The molecule has 0 aliphatic heterocycles. The number of hydrogen-bond acceptors (Lipinski definition) is 4. The van der Waals surface area contributed by atoms with Crippen LogP contribution in [-0.2, 0) is 12.8 Å². The Balaban J connectivity index is 1.72. The zero-order valence-electron chi connectivity index (χ0n) is 18.2. The Morgan fingerprint density at radius 3 is 2.55 bits per heavy atom. The SMILES string of the molecule is CC(C)(C)[C@H]1CCc2c(sc(N=Cc3ccccc3O)c2C(=O)Nc2ccccc2)C1. The van der Waals surface area contributed by atoms with Gasteiger partial charge in [0, 0.05) is 22.3 Å². The summed E-state index contributed by atoms with van der Waals surface area (Å²) in [6.45, 7) is 6.86. The molecule has 0 fully saturated rings. The number of carbonyl (C=O) groups excluding carboxylic acids is 1. The number of anilines is 1. The molecule has 1 amide bonds. The molecule has 0 bridgehead atoms. The van der Waals surface area contributed by atoms with Gasteiger partial charge in [-0.1, -0.05) is 51.1 Å². The van der Waals surface area contributed by atoms with Crippen molar-refractivity contribution in [2.45, 2.75) is 40.0 Å². The first kappa shape index (κ1) is 21.3. The molecule has 0 unspecified atom stereocenters. The fourth-order valence-electron chi connectivity index (χ4n) is 4.08. The highest BCUT2D eigenvalue weighted by Gasteiger charge is 2.33. The Bertz CT molecular complexity index is 1110. The average Bonchev–Trinajstić information content (AvgIpc) is 3.11. The van der Waals surface area contributed by atoms with Crippen molar-refractivity contribution in [1.29, 1.82) is 0 Å². The number of phenols is 1. The molecule has 31 heavy (non-hydrogen) atoms. The van der Waals surface area contributed by atoms with Crippen LogP contribution in [0.3, 0.4) is 0 Å². The number of nitrogens with zero attached hydrogens (tertiary/aromatic N) is 1. The van der Waals surface area contributed by atoms with Crippen LogP contribution in [0, 0.1) is 11.3 Å². The van der Waals surface area contributed by atoms with E-state index in [1.54, 1.807) is 29.7 Å². The second-order valence-corrected chi connectivity index (χ2v) is 10.2. The number of nitrogens with one attached hydrogen (secondary N) is 1. The van der Waals surface area contributed by atoms with E-state index in [9.17, 15) is 9.90 Å². The van der Waals surface area contributed by atoms with Gasteiger partial charge in [-0.25, -0.2) is 4.99 Å². The van der Waals surface area contributed by atoms with Crippen molar-refractivity contribution in [2.75, 3.05) is 5.32 Å². The summed E-state index contributed by atoms with van der Waals surface area (Å²) in [7, 11) is 0. The molecular formula is C26H28N2O2S. The molecule has 0 radical (unpaired) electrons. The average molecular weight is 433 g/mol. The number of hydrogen-bond donors (Lipinski definition) is 2. The molecular weight excluding hydrogens is 404 g/mol. The van der Waals surface area contributed by atoms with Crippen molar-refractivity contribution in [1.82, 2.24) is 0 Å². The van der Waals surface area contributed by atoms with E-state index in [0.717, 1.165) is 30.5 Å². The first-order valence-corrected chi connectivity index (χ1v) is 11.5. The van der Waals surface area contributed by atoms with Crippen LogP contribution in [0.2, 0.25) is 0 Å². The van der Waals surface area contributed by atoms with Crippen LogP contribution in [-0.4, -0.2) is 17.2 Å². The molecule has 4 nitrogen and oxygen atoms in total. The third-order valence-corrected chi connectivity index (χ3v) is 7.15. The van der Waals surface area contributed by atoms with Gasteiger partial charge in [0.15, 0.2) is 0 Å². The molecule has 4 rings (SSSR count). The zero-order valence-corrected chi connectivity index (χ0v) is 19.0. The molecule has 1 aliphatic carbocycles. The van der Waals surface area contributed by atoms with Gasteiger partial charge < -0.3 is 10.4 Å². The Labute approximate surface area is 187 Å². The second kappa shape index (κ2) is 8.67. The molecule has 2 N–H and O–H groups in total. The lowest BCUT2D eigenvalue weighted by Gasteiger charge is -2.33. The third-order valence-electron chi connectivity index (χ3n) is 5.99. The monoisotopic (exact) mass is 432 g/mol. The highest BCUT2D eigenvalue weighted by atomic mass is 32.1. The molecule has 0 saturated heterocycles. The van der Waals surface area contributed by atoms with E-state index < -0.39 is 0 Å². The smallest absolute Gasteiger partial charge is 0.259 e. The Kier molecular flexibility index (Phi) is 5.96. The van der Waals surface area contributed by atoms with Crippen molar-refractivity contribution in [2.24, 2.45) is 16.3 Å². The lowest BCUT2D eigenvalue weighted by molar-refractivity contribution is 0.102. The van der Waals surface area contributed by atoms with Crippen LogP contribution in [0.15, 0.2) is 59.6 Å². The Morgan fingerprint density at radius 2 is 1.84 bits per heavy atom. The summed E-state index contributed by atoms with van der Waals surface area (Å²) < 4.78 is 0. The second-order valence-electron chi connectivity index (χ2n) is 9.13. The maximum atomic E-state index is 13.3. The van der Waals surface area contributed by atoms with Crippen LogP contribution in [0.4, 0.5) is 10.7 Å². The highest BCUT2D eigenvalue weighted by molar-refractivity contribution is 7.16. The van der Waals surface area contributed by atoms with Gasteiger partial charge in [0.05, 0.1) is 5.56 Å². The molecule has 1 atom stereocenters. The summed E-state index contributed by atoms with van der Waals surface area (Å²) in [5, 5.41) is 13.8. The summed E-state index contributed by atoms with van der Waals surface area (Å²) in [6, 6.07) is 16.6. The number of benzene rings is 2. The number of fused-ring (bicyclic) bond motifs is 1. The van der Waals surface area contributed by atoms with Crippen LogP contribution >= 0.6 is 11.3 Å². The standard InChI is InChI=1S/C26H28N2O2S/c1-26(2,3)18-13-14-20-22(15-18)31-25(27-16-17-9-7-8-12-21(17)29)23(20)24(30)28-19-10-5-4-6-11-19/h4-12,16,18,29H,13-15H2,1-3H3,(H,28,30)/t18-/m0/s1. The van der Waals surface area contributed by atoms with Gasteiger partial charge in [-0.3, -0.25) is 4.79 Å². The van der Waals surface area contributed by atoms with Gasteiger partial charge in [0.2, 0.25) is 0 Å². The number of carbonyl (C=O) groups is 1. The molecule has 160 valence electrons. The van der Waals surface area contributed by atoms with Gasteiger partial charge in [-0.15, -0.1) is 11.3 Å². The largest absolute Gasteiger partial charge is 0.507 e. The number of phenolic OH excluding ortho intramolecular Hbond substituents is 1. The van der Waals surface area contributed by atoms with Gasteiger partial charge >= 0.3 is 0 Å². The van der Waals surface area contributed by atoms with E-state index in [4.69, 9.17) is 0 Å². The summed E-state index contributed by atoms with van der Waals surface area (Å²) >= 11 is 1.61. The Hall–Kier alpha value is -2.92. The van der Waals surface area contributed by atoms with E-state index in [-0.39, 0.29) is 17.1 Å². The highest BCUT2D eigenvalue weighted by Crippen LogP contribution is 2.45. The van der Waals surface area contributed by atoms with Crippen molar-refractivity contribution < 1.29 is 9.90 Å². The van der Waals surface area contributed by atoms with Crippen molar-refractivity contribution in [3.8, 4) is 5.75 Å². The van der Waals surface area contributed by atoms with E-state index in [1.165, 1.54) is 4.88 Å². The van der Waals surface area contributed by atoms with E-state index in [2.05, 4.69) is 31.1 Å². The summed E-state index contributed by atoms with van der Waals surface area (Å²) in [4.78, 5) is 19.2. The fourth-order valence-corrected chi connectivity index (χ4v) is 5.34. The van der Waals surface area contributed by atoms with E-state index in [0.29, 0.717) is 22.0 Å². The normalized spacial score (nSPS) is 16.3. The fraction of sp³-hybridized carbons (Fsp3) is 0.308. The lowest BCUT2D eigenvalue weighted by Crippen LogP contribution is -2.27. The molecule has 1 aliphatic rings. The number of thiophene rings is 1. The molecule has 0 spiro atoms. The van der Waals surface area contributed by atoms with Gasteiger partial charge in [-0.05, 0) is 60.4 Å². The maximum Gasteiger partial charge on any atom is 0.259 e. The predicted octanol–water partition coefficient (Wildman–Crippen LogP) is 6.61. The number of aromatic hydroxyl groups is 1. The van der Waals surface area contributed by atoms with Crippen molar-refractivity contribution in [3.63, 3.8) is 0 Å². The summed E-state index contributed by atoms with van der Waals surface area (Å²) in [5.74, 6) is 0.636. The number of para-hydroxylation sites is 2. The van der Waals surface area contributed by atoms with Gasteiger partial charge in [-0.2, -0.15) is 0 Å². The molecule has 2 aromatic carbocycles. The minimum Gasteiger partial charge on any atom is -0.507 e. The minimum absolute atomic E-state index is 0.123. The zero-order chi connectivity index (χ0) is 22.0. The molecule has 0 saturated carbocycles. The van der Waals surface area contributed by atoms with Crippen molar-refractivity contribution >= 4 is 34.1 Å². The lowest BCUT2D eigenvalue weighted by atomic mass is 9.72. The predicted molar refractivity (Wildman–Crippen MR) is 129 cm³/mol. The minimum atomic E-state index is -0.123. The number of amides is 1. The molecule has 3 aromatic rings. The van der Waals surface area contributed by atoms with Crippen LogP contribution in [0.25, 0.3) is 0 Å². The van der Waals surface area contributed by atoms with Crippen LogP contribution < -0.4 is 5.32 Å². The third kappa shape index (κ3) is 4.72. The Morgan fingerprint density at radius 1 is 1.13 bits per heavy atom. The topological polar surface area (TPSA) is 61.7 Å². The van der Waals surface area contributed by atoms with Gasteiger partial charge in [0.1, 0.15) is 10.8 Å². The van der Waals surface area contributed by atoms with Gasteiger partial charge in [0.25, 0.3) is 5.91 Å². The first-order chi connectivity index (χ1) is 14.8. The molecule has 1 heterocycles. The number of aliphatic imine (C=N–C) groups is 1. The maximum absolute atomic E-state index is 13.3. The summed E-state index contributed by atoms with van der Waals surface area (Å²) in [5.41, 5.74) is 3.43. The van der Waals surface area contributed by atoms with E-state index >= 15 is 0 Å². The first-order valence-electron chi connectivity index (χ1n) is 10.7. The van der Waals surface area contributed by atoms with Crippen molar-refractivity contribution in [3.05, 3.63) is 76.2 Å². The quantitative estimate of drug-likeness (QED) is 0.456. The summed E-state index contributed by atoms with van der Waals surface area (Å²) in [6.07, 6.45) is 4.58. The van der Waals surface area contributed by atoms with Crippen LogP contribution in [0.5, 0.6) is 5.75 Å². The van der Waals surface area contributed by atoms with Crippen LogP contribution in [0.1, 0.15) is 53.6 Å². The molecule has 1 aromatic heterocycles.